The zero-order chi connectivity index (χ0) is 56.1. The Kier molecular flexibility index (Phi) is 12.5. The van der Waals surface area contributed by atoms with E-state index in [4.69, 9.17) is 0 Å². The van der Waals surface area contributed by atoms with Gasteiger partial charge < -0.3 is 18.9 Å². The smallest absolute Gasteiger partial charge is 0.123 e. The number of halogens is 2. The molecule has 0 bridgehead atoms. The molecule has 2 heterocycles. The van der Waals surface area contributed by atoms with Crippen LogP contribution >= 0.6 is 0 Å². The predicted molar refractivity (Wildman–Crippen MR) is 346 cm³/mol. The fraction of sp³-hybridized carbons (Fsp3) is 0. The molecular weight excluding hydrogens is 1030 g/mol. The van der Waals surface area contributed by atoms with E-state index in [1.54, 1.807) is 24.3 Å². The van der Waals surface area contributed by atoms with Crippen LogP contribution in [0.25, 0.3) is 99.5 Å². The predicted octanol–water partition coefficient (Wildman–Crippen LogP) is 21.8. The molecule has 398 valence electrons. The van der Waals surface area contributed by atoms with Crippen LogP contribution in [0, 0.1) is 11.6 Å². The first-order chi connectivity index (χ1) is 41.5. The molecule has 0 saturated carbocycles. The fourth-order valence-electron chi connectivity index (χ4n) is 12.2. The van der Waals surface area contributed by atoms with E-state index in [1.807, 2.05) is 24.3 Å². The molecule has 0 fully saturated rings. The topological polar surface area (TPSA) is 16.3 Å². The highest BCUT2D eigenvalue weighted by Gasteiger charge is 2.22. The molecule has 15 aromatic rings. The van der Waals surface area contributed by atoms with Gasteiger partial charge in [0.25, 0.3) is 0 Å². The van der Waals surface area contributed by atoms with Gasteiger partial charge in [-0.2, -0.15) is 0 Å². The number of hydrogen-bond donors (Lipinski definition) is 0. The van der Waals surface area contributed by atoms with Crippen LogP contribution in [0.4, 0.5) is 42.9 Å². The highest BCUT2D eigenvalue weighted by Crippen LogP contribution is 2.44. The van der Waals surface area contributed by atoms with Crippen LogP contribution in [0.3, 0.4) is 0 Å². The van der Waals surface area contributed by atoms with Gasteiger partial charge in [-0.1, -0.05) is 182 Å². The summed E-state index contributed by atoms with van der Waals surface area (Å²) in [5.41, 5.74) is 17.7. The standard InChI is InChI=1S/C78H52F2N4/c79-63-25-11-23-59(47-63)75-49-61-52-78-62(51-77(61)83(75)69-43-39-67(40-44-69)81(73-29-13-21-57-19-7-9-27-71(57)73)65-35-31-55(32-36-65)53-15-3-1-4-16-53)50-76(60-24-12-26-64(80)48-60)84(78)70-45-41-68(42-46-70)82(74-30-14-22-58-20-8-10-28-72(58)74)66-37-33-56(34-38-66)54-17-5-2-6-18-54/h1-52H. The summed E-state index contributed by atoms with van der Waals surface area (Å²) in [5, 5.41) is 6.50. The zero-order valence-electron chi connectivity index (χ0n) is 45.6. The summed E-state index contributed by atoms with van der Waals surface area (Å²) in [5.74, 6) is -0.627. The van der Waals surface area contributed by atoms with Crippen molar-refractivity contribution in [1.82, 2.24) is 9.13 Å². The lowest BCUT2D eigenvalue weighted by Gasteiger charge is -2.27. The van der Waals surface area contributed by atoms with Crippen LogP contribution in [-0.4, -0.2) is 9.13 Å². The summed E-state index contributed by atoms with van der Waals surface area (Å²) in [6.45, 7) is 0. The number of hydrogen-bond acceptors (Lipinski definition) is 2. The first-order valence-electron chi connectivity index (χ1n) is 28.3. The zero-order valence-corrected chi connectivity index (χ0v) is 45.6. The van der Waals surface area contributed by atoms with Gasteiger partial charge in [0.05, 0.1) is 33.8 Å². The molecule has 6 heteroatoms. The Bertz CT molecular complexity index is 4570. The lowest BCUT2D eigenvalue weighted by atomic mass is 10.0. The van der Waals surface area contributed by atoms with Gasteiger partial charge in [-0.05, 0) is 166 Å². The van der Waals surface area contributed by atoms with Crippen molar-refractivity contribution in [3.8, 4) is 56.1 Å². The van der Waals surface area contributed by atoms with Gasteiger partial charge in [0.1, 0.15) is 11.6 Å². The SMILES string of the molecule is Fc1cccc(-c2cc3cc4c(cc(-c5cccc(F)c5)n4-c4ccc(N(c5ccc(-c6ccccc6)cc5)c5cccc6ccccc56)cc4)cc3n2-c2ccc(N(c3ccc(-c4ccccc4)cc3)c3cccc4ccccc34)cc2)c1. The molecule has 4 nitrogen and oxygen atoms in total. The fourth-order valence-corrected chi connectivity index (χ4v) is 12.2. The van der Waals surface area contributed by atoms with E-state index in [2.05, 4.69) is 274 Å². The van der Waals surface area contributed by atoms with E-state index in [0.717, 1.165) is 134 Å². The molecule has 0 atom stereocenters. The Morgan fingerprint density at radius 1 is 0.238 bits per heavy atom. The van der Waals surface area contributed by atoms with Crippen molar-refractivity contribution >= 4 is 77.5 Å². The van der Waals surface area contributed by atoms with Crippen molar-refractivity contribution in [2.45, 2.75) is 0 Å². The van der Waals surface area contributed by atoms with Crippen molar-refractivity contribution in [1.29, 1.82) is 0 Å². The average molecular weight is 1080 g/mol. The summed E-state index contributed by atoms with van der Waals surface area (Å²) in [4.78, 5) is 4.64. The van der Waals surface area contributed by atoms with E-state index >= 15 is 8.78 Å². The number of aromatic nitrogens is 2. The lowest BCUT2D eigenvalue weighted by Crippen LogP contribution is -2.10. The van der Waals surface area contributed by atoms with Crippen molar-refractivity contribution in [2.75, 3.05) is 9.80 Å². The Labute approximate surface area is 485 Å². The first-order valence-corrected chi connectivity index (χ1v) is 28.3. The number of nitrogens with zero attached hydrogens (tertiary/aromatic N) is 4. The molecule has 0 aliphatic heterocycles. The highest BCUT2D eigenvalue weighted by molar-refractivity contribution is 6.04. The molecule has 0 unspecified atom stereocenters. The van der Waals surface area contributed by atoms with E-state index in [0.29, 0.717) is 0 Å². The van der Waals surface area contributed by atoms with Crippen LogP contribution < -0.4 is 9.80 Å². The summed E-state index contributed by atoms with van der Waals surface area (Å²) < 4.78 is 35.2. The number of anilines is 6. The maximum Gasteiger partial charge on any atom is 0.123 e. The highest BCUT2D eigenvalue weighted by atomic mass is 19.1. The minimum Gasteiger partial charge on any atom is -0.310 e. The quantitative estimate of drug-likeness (QED) is 0.121. The second kappa shape index (κ2) is 21.1. The van der Waals surface area contributed by atoms with Crippen molar-refractivity contribution in [3.05, 3.63) is 327 Å². The van der Waals surface area contributed by atoms with Crippen LogP contribution in [0.5, 0.6) is 0 Å². The van der Waals surface area contributed by atoms with Crippen LogP contribution in [0.15, 0.2) is 315 Å². The largest absolute Gasteiger partial charge is 0.310 e. The summed E-state index contributed by atoms with van der Waals surface area (Å²) in [7, 11) is 0. The van der Waals surface area contributed by atoms with Gasteiger partial charge in [0, 0.05) is 66.8 Å². The van der Waals surface area contributed by atoms with Gasteiger partial charge in [-0.3, -0.25) is 0 Å². The third-order valence-corrected chi connectivity index (χ3v) is 16.2. The first kappa shape index (κ1) is 49.9. The van der Waals surface area contributed by atoms with Gasteiger partial charge in [0.2, 0.25) is 0 Å². The molecule has 0 spiro atoms. The van der Waals surface area contributed by atoms with Gasteiger partial charge in [-0.25, -0.2) is 8.78 Å². The van der Waals surface area contributed by atoms with Crippen molar-refractivity contribution < 1.29 is 8.78 Å². The third kappa shape index (κ3) is 9.13. The van der Waals surface area contributed by atoms with Crippen molar-refractivity contribution in [2.24, 2.45) is 0 Å². The number of rotatable bonds is 12. The second-order valence-electron chi connectivity index (χ2n) is 21.2. The van der Waals surface area contributed by atoms with Gasteiger partial charge >= 0.3 is 0 Å². The Hall–Kier alpha value is -11.1. The van der Waals surface area contributed by atoms with Gasteiger partial charge in [-0.15, -0.1) is 0 Å². The summed E-state index contributed by atoms with van der Waals surface area (Å²) in [6, 6.07) is 108. The Morgan fingerprint density at radius 2 is 0.560 bits per heavy atom. The third-order valence-electron chi connectivity index (χ3n) is 16.2. The molecule has 0 radical (unpaired) electrons. The average Bonchev–Trinajstić information content (AvgIpc) is 3.36. The molecule has 0 amide bonds. The molecule has 0 aliphatic carbocycles. The Balaban J connectivity index is 0.869. The van der Waals surface area contributed by atoms with Gasteiger partial charge in [0.15, 0.2) is 0 Å². The Morgan fingerprint density at radius 3 is 0.952 bits per heavy atom. The van der Waals surface area contributed by atoms with E-state index < -0.39 is 0 Å². The second-order valence-corrected chi connectivity index (χ2v) is 21.2. The van der Waals surface area contributed by atoms with E-state index in [-0.39, 0.29) is 11.6 Å². The number of benzene rings is 13. The van der Waals surface area contributed by atoms with E-state index in [9.17, 15) is 0 Å². The molecule has 84 heavy (non-hydrogen) atoms. The molecule has 0 aliphatic rings. The minimum absolute atomic E-state index is 0.313. The monoisotopic (exact) mass is 1080 g/mol. The molecule has 15 rings (SSSR count). The van der Waals surface area contributed by atoms with E-state index in [1.165, 1.54) is 12.1 Å². The molecule has 0 saturated heterocycles. The maximum absolute atomic E-state index is 15.4. The lowest BCUT2D eigenvalue weighted by molar-refractivity contribution is 0.628. The van der Waals surface area contributed by atoms with Crippen molar-refractivity contribution in [3.63, 3.8) is 0 Å². The number of fused-ring (bicyclic) bond motifs is 4. The normalized spacial score (nSPS) is 11.5. The molecular formula is C78H52F2N4. The van der Waals surface area contributed by atoms with Crippen LogP contribution in [0.2, 0.25) is 0 Å². The van der Waals surface area contributed by atoms with Crippen LogP contribution in [-0.2, 0) is 0 Å². The minimum atomic E-state index is -0.313. The molecule has 2 aromatic heterocycles. The van der Waals surface area contributed by atoms with Crippen LogP contribution in [0.1, 0.15) is 0 Å². The summed E-state index contributed by atoms with van der Waals surface area (Å²) in [6.07, 6.45) is 0. The molecule has 0 N–H and O–H groups in total. The summed E-state index contributed by atoms with van der Waals surface area (Å²) >= 11 is 0. The molecule has 13 aromatic carbocycles. The maximum atomic E-state index is 15.4.